The molecule has 6 heteroatoms. The van der Waals surface area contributed by atoms with Crippen LogP contribution in [0.2, 0.25) is 0 Å². The summed E-state index contributed by atoms with van der Waals surface area (Å²) < 4.78 is 0. The summed E-state index contributed by atoms with van der Waals surface area (Å²) in [7, 11) is 0. The molecule has 0 aliphatic carbocycles. The van der Waals surface area contributed by atoms with Crippen LogP contribution in [0.5, 0.6) is 0 Å². The van der Waals surface area contributed by atoms with Crippen LogP contribution in [0.4, 0.5) is 0 Å². The molecule has 0 bridgehead atoms. The number of pyridine rings is 1. The molecule has 0 spiro atoms. The van der Waals surface area contributed by atoms with Gasteiger partial charge in [0.15, 0.2) is 0 Å². The van der Waals surface area contributed by atoms with Gasteiger partial charge in [0.05, 0.1) is 12.2 Å². The predicted octanol–water partition coefficient (Wildman–Crippen LogP) is 2.79. The maximum atomic E-state index is 11.8. The number of carbonyl (C=O) groups excluding carboxylic acids is 1. The number of nitrogens with one attached hydrogen (secondary N) is 1. The van der Waals surface area contributed by atoms with E-state index in [4.69, 9.17) is 0 Å². The Balaban J connectivity index is 1.64. The van der Waals surface area contributed by atoms with Gasteiger partial charge in [0.1, 0.15) is 5.60 Å². The van der Waals surface area contributed by atoms with E-state index >= 15 is 0 Å². The molecule has 118 valence electrons. The Morgan fingerprint density at radius 3 is 2.95 bits per heavy atom. The third-order valence-electron chi connectivity index (χ3n) is 3.13. The summed E-state index contributed by atoms with van der Waals surface area (Å²) in [4.78, 5) is 16.9. The molecule has 0 radical (unpaired) electrons. The van der Waals surface area contributed by atoms with Crippen molar-refractivity contribution < 1.29 is 9.90 Å². The fourth-order valence-corrected chi connectivity index (χ4v) is 3.50. The maximum absolute atomic E-state index is 11.8. The molecule has 22 heavy (non-hydrogen) atoms. The van der Waals surface area contributed by atoms with Crippen LogP contribution < -0.4 is 5.32 Å². The van der Waals surface area contributed by atoms with Crippen LogP contribution in [0.15, 0.2) is 41.9 Å². The van der Waals surface area contributed by atoms with Crippen LogP contribution in [0.3, 0.4) is 0 Å². The molecule has 2 rings (SSSR count). The van der Waals surface area contributed by atoms with Gasteiger partial charge in [-0.1, -0.05) is 12.1 Å². The van der Waals surface area contributed by atoms with Crippen molar-refractivity contribution in [3.63, 3.8) is 0 Å². The number of amides is 1. The lowest BCUT2D eigenvalue weighted by Gasteiger charge is -2.22. The van der Waals surface area contributed by atoms with Gasteiger partial charge in [0, 0.05) is 29.0 Å². The van der Waals surface area contributed by atoms with Crippen molar-refractivity contribution in [2.45, 2.75) is 24.7 Å². The van der Waals surface area contributed by atoms with E-state index in [2.05, 4.69) is 10.3 Å². The van der Waals surface area contributed by atoms with Crippen LogP contribution in [-0.4, -0.2) is 28.3 Å². The first-order chi connectivity index (χ1) is 10.6. The zero-order valence-electron chi connectivity index (χ0n) is 12.5. The highest BCUT2D eigenvalue weighted by Crippen LogP contribution is 2.24. The van der Waals surface area contributed by atoms with Crippen LogP contribution in [0.1, 0.15) is 23.9 Å². The molecular formula is C16H20N2O2S2. The summed E-state index contributed by atoms with van der Waals surface area (Å²) in [6.45, 7) is 1.95. The number of carbonyl (C=O) groups is 1. The summed E-state index contributed by atoms with van der Waals surface area (Å²) in [5, 5.41) is 15.0. The Kier molecular flexibility index (Phi) is 6.42. The highest BCUT2D eigenvalue weighted by molar-refractivity contribution is 7.98. The summed E-state index contributed by atoms with van der Waals surface area (Å²) >= 11 is 3.17. The highest BCUT2D eigenvalue weighted by atomic mass is 32.2. The topological polar surface area (TPSA) is 62.2 Å². The largest absolute Gasteiger partial charge is 0.383 e. The molecule has 0 fully saturated rings. The van der Waals surface area contributed by atoms with E-state index in [1.54, 1.807) is 24.9 Å². The highest BCUT2D eigenvalue weighted by Gasteiger charge is 2.24. The van der Waals surface area contributed by atoms with Crippen molar-refractivity contribution in [3.8, 4) is 0 Å². The lowest BCUT2D eigenvalue weighted by molar-refractivity contribution is -0.121. The third-order valence-corrected chi connectivity index (χ3v) is 5.25. The quantitative estimate of drug-likeness (QED) is 0.728. The molecule has 2 N–H and O–H groups in total. The molecule has 4 nitrogen and oxygen atoms in total. The predicted molar refractivity (Wildman–Crippen MR) is 91.9 cm³/mol. The normalized spacial score (nSPS) is 13.5. The average molecular weight is 336 g/mol. The number of rotatable bonds is 8. The summed E-state index contributed by atoms with van der Waals surface area (Å²) in [5.74, 6) is 1.51. The lowest BCUT2D eigenvalue weighted by atomic mass is 10.1. The Morgan fingerprint density at radius 2 is 2.27 bits per heavy atom. The average Bonchev–Trinajstić information content (AvgIpc) is 3.06. The van der Waals surface area contributed by atoms with Gasteiger partial charge >= 0.3 is 0 Å². The molecule has 0 aliphatic heterocycles. The molecule has 2 aromatic heterocycles. The Labute approximate surface area is 139 Å². The van der Waals surface area contributed by atoms with E-state index in [1.165, 1.54) is 11.3 Å². The molecular weight excluding hydrogens is 316 g/mol. The summed E-state index contributed by atoms with van der Waals surface area (Å²) in [5.41, 5.74) is 0.0128. The Morgan fingerprint density at radius 1 is 1.41 bits per heavy atom. The second-order valence-electron chi connectivity index (χ2n) is 5.15. The van der Waals surface area contributed by atoms with E-state index in [9.17, 15) is 9.90 Å². The van der Waals surface area contributed by atoms with Crippen LogP contribution in [0, 0.1) is 0 Å². The number of thiophene rings is 1. The van der Waals surface area contributed by atoms with Crippen LogP contribution in [-0.2, 0) is 16.1 Å². The minimum Gasteiger partial charge on any atom is -0.383 e. The SMILES string of the molecule is CC(O)(CNC(=O)CCSCc1ccccn1)c1cccs1. The number of hydrogen-bond donors (Lipinski definition) is 2. The van der Waals surface area contributed by atoms with Gasteiger partial charge in [-0.05, 0) is 30.5 Å². The second-order valence-corrected chi connectivity index (χ2v) is 7.20. The van der Waals surface area contributed by atoms with Gasteiger partial charge in [-0.25, -0.2) is 0 Å². The Bertz CT molecular complexity index is 571. The van der Waals surface area contributed by atoms with Gasteiger partial charge in [-0.15, -0.1) is 11.3 Å². The zero-order chi connectivity index (χ0) is 15.8. The van der Waals surface area contributed by atoms with Gasteiger partial charge in [-0.3, -0.25) is 9.78 Å². The minimum absolute atomic E-state index is 0.0367. The van der Waals surface area contributed by atoms with Crippen molar-refractivity contribution in [1.29, 1.82) is 0 Å². The summed E-state index contributed by atoms with van der Waals surface area (Å²) in [6, 6.07) is 9.60. The first-order valence-corrected chi connectivity index (χ1v) is 9.12. The van der Waals surface area contributed by atoms with E-state index in [0.29, 0.717) is 6.42 Å². The lowest BCUT2D eigenvalue weighted by Crippen LogP contribution is -2.38. The number of hydrogen-bond acceptors (Lipinski definition) is 5. The number of aromatic nitrogens is 1. The van der Waals surface area contributed by atoms with Crippen molar-refractivity contribution in [2.75, 3.05) is 12.3 Å². The van der Waals surface area contributed by atoms with E-state index < -0.39 is 5.60 Å². The minimum atomic E-state index is -1.01. The smallest absolute Gasteiger partial charge is 0.220 e. The second kappa shape index (κ2) is 8.31. The molecule has 1 atom stereocenters. The molecule has 0 aromatic carbocycles. The zero-order valence-corrected chi connectivity index (χ0v) is 14.1. The van der Waals surface area contributed by atoms with Crippen LogP contribution in [0.25, 0.3) is 0 Å². The van der Waals surface area contributed by atoms with Gasteiger partial charge in [-0.2, -0.15) is 11.8 Å². The molecule has 0 saturated heterocycles. The maximum Gasteiger partial charge on any atom is 0.220 e. The van der Waals surface area contributed by atoms with Crippen molar-refractivity contribution >= 4 is 29.0 Å². The molecule has 2 heterocycles. The fraction of sp³-hybridized carbons (Fsp3) is 0.375. The van der Waals surface area contributed by atoms with Crippen molar-refractivity contribution in [1.82, 2.24) is 10.3 Å². The summed E-state index contributed by atoms with van der Waals surface area (Å²) in [6.07, 6.45) is 2.22. The van der Waals surface area contributed by atoms with Gasteiger partial charge < -0.3 is 10.4 Å². The van der Waals surface area contributed by atoms with Crippen LogP contribution >= 0.6 is 23.1 Å². The van der Waals surface area contributed by atoms with Crippen molar-refractivity contribution in [2.24, 2.45) is 0 Å². The van der Waals surface area contributed by atoms with Gasteiger partial charge in [0.2, 0.25) is 5.91 Å². The Hall–Kier alpha value is -1.37. The number of aliphatic hydroxyl groups is 1. The first-order valence-electron chi connectivity index (χ1n) is 7.08. The van der Waals surface area contributed by atoms with E-state index in [0.717, 1.165) is 22.1 Å². The molecule has 0 aliphatic rings. The standard InChI is InChI=1S/C16H20N2O2S2/c1-16(20,14-6-4-9-22-14)12-18-15(19)7-10-21-11-13-5-2-3-8-17-13/h2-6,8-9,20H,7,10-12H2,1H3,(H,18,19). The first kappa shape index (κ1) is 17.0. The fourth-order valence-electron chi connectivity index (χ4n) is 1.86. The number of thioether (sulfide) groups is 1. The number of nitrogens with zero attached hydrogens (tertiary/aromatic N) is 1. The van der Waals surface area contributed by atoms with Gasteiger partial charge in [0.25, 0.3) is 0 Å². The van der Waals surface area contributed by atoms with E-state index in [1.807, 2.05) is 35.7 Å². The molecule has 1 amide bonds. The van der Waals surface area contributed by atoms with E-state index in [-0.39, 0.29) is 12.5 Å². The molecule has 1 unspecified atom stereocenters. The molecule has 0 saturated carbocycles. The molecule has 2 aromatic rings. The third kappa shape index (κ3) is 5.44. The van der Waals surface area contributed by atoms with Crippen molar-refractivity contribution in [3.05, 3.63) is 52.5 Å². The monoisotopic (exact) mass is 336 g/mol.